The van der Waals surface area contributed by atoms with E-state index in [1.165, 1.54) is 99.9 Å². The third kappa shape index (κ3) is 11.2. The summed E-state index contributed by atoms with van der Waals surface area (Å²) in [7, 11) is 0. The predicted molar refractivity (Wildman–Crippen MR) is 416 cm³/mol. The average molecular weight is 1270 g/mol. The summed E-state index contributed by atoms with van der Waals surface area (Å²) in [4.78, 5) is 7.55. The van der Waals surface area contributed by atoms with Gasteiger partial charge in [-0.2, -0.15) is 0 Å². The van der Waals surface area contributed by atoms with Crippen LogP contribution < -0.4 is 14.7 Å². The molecule has 97 heavy (non-hydrogen) atoms. The van der Waals surface area contributed by atoms with Crippen molar-refractivity contribution in [1.29, 1.82) is 0 Å². The fourth-order valence-corrected chi connectivity index (χ4v) is 15.7. The van der Waals surface area contributed by atoms with Crippen LogP contribution in [0.4, 0.5) is 51.2 Å². The summed E-state index contributed by atoms with van der Waals surface area (Å²) in [6.07, 6.45) is 0. The molecular weight excluding hydrogens is 1170 g/mol. The van der Waals surface area contributed by atoms with Crippen LogP contribution in [0.3, 0.4) is 0 Å². The Bertz CT molecular complexity index is 4830. The Balaban J connectivity index is 1.15. The molecule has 12 aromatic rings. The quantitative estimate of drug-likeness (QED) is 0.128. The van der Waals surface area contributed by atoms with Crippen LogP contribution in [0.2, 0.25) is 0 Å². The summed E-state index contributed by atoms with van der Waals surface area (Å²) < 4.78 is 0. The van der Waals surface area contributed by atoms with Gasteiger partial charge in [-0.1, -0.05) is 288 Å². The molecule has 0 spiro atoms. The molecule has 0 heterocycles. The normalized spacial score (nSPS) is 15.0. The van der Waals surface area contributed by atoms with Crippen molar-refractivity contribution in [1.82, 2.24) is 0 Å². The molecule has 12 aromatic carbocycles. The highest BCUT2D eigenvalue weighted by Gasteiger charge is 2.53. The van der Waals surface area contributed by atoms with Gasteiger partial charge in [0.1, 0.15) is 0 Å². The van der Waals surface area contributed by atoms with Gasteiger partial charge >= 0.3 is 0 Å². The van der Waals surface area contributed by atoms with E-state index >= 15 is 0 Å². The van der Waals surface area contributed by atoms with E-state index in [0.29, 0.717) is 0 Å². The van der Waals surface area contributed by atoms with Crippen molar-refractivity contribution in [2.24, 2.45) is 0 Å². The lowest BCUT2D eigenvalue weighted by atomic mass is 9.66. The van der Waals surface area contributed by atoms with Crippen LogP contribution in [-0.4, -0.2) is 0 Å². The van der Waals surface area contributed by atoms with Gasteiger partial charge in [-0.25, -0.2) is 0 Å². The van der Waals surface area contributed by atoms with Crippen molar-refractivity contribution >= 4 is 62.0 Å². The zero-order valence-electron chi connectivity index (χ0n) is 60.2. The number of hydrogen-bond acceptors (Lipinski definition) is 3. The minimum absolute atomic E-state index is 0.000338. The van der Waals surface area contributed by atoms with Crippen molar-refractivity contribution < 1.29 is 0 Å². The summed E-state index contributed by atoms with van der Waals surface area (Å²) in [5.41, 5.74) is 27.7. The van der Waals surface area contributed by atoms with Crippen LogP contribution in [-0.2, 0) is 37.9 Å². The van der Waals surface area contributed by atoms with E-state index in [9.17, 15) is 0 Å². The molecule has 2 aliphatic carbocycles. The number of rotatable bonds is 11. The molecular formula is C94H95N3. The molecule has 0 saturated heterocycles. The minimum atomic E-state index is -0.922. The first-order chi connectivity index (χ1) is 46.0. The van der Waals surface area contributed by atoms with E-state index in [2.05, 4.69) is 399 Å². The van der Waals surface area contributed by atoms with Gasteiger partial charge < -0.3 is 14.7 Å². The highest BCUT2D eigenvalue weighted by Crippen LogP contribution is 2.67. The van der Waals surface area contributed by atoms with E-state index in [0.717, 1.165) is 45.5 Å². The van der Waals surface area contributed by atoms with Crippen LogP contribution in [0.5, 0.6) is 0 Å². The summed E-state index contributed by atoms with van der Waals surface area (Å²) >= 11 is 0. The van der Waals surface area contributed by atoms with Gasteiger partial charge in [0.15, 0.2) is 0 Å². The molecule has 1 atom stereocenters. The topological polar surface area (TPSA) is 9.72 Å². The zero-order valence-corrected chi connectivity index (χ0v) is 60.2. The van der Waals surface area contributed by atoms with E-state index in [1.54, 1.807) is 0 Å². The molecule has 0 aromatic heterocycles. The first-order valence-corrected chi connectivity index (χ1v) is 35.1. The molecule has 0 fully saturated rings. The first kappa shape index (κ1) is 64.6. The SMILES string of the molecule is CC(C)(C)c1ccc(N(c2ccc(C(C)(C)C)cc2)c2ccc(C3(c4ccc(C(C)(C)C)cc4)c4cc(N(c5ccccc5)c5ccc(C(C)(C)C)cc5)c5c(c4-c4c3cc(N(c3ccccc3)c3ccc(C(C)(C)C)cc3)c3ccccc43)-c3ccccc3C5(C)C)cc2)cc1. The summed E-state index contributed by atoms with van der Waals surface area (Å²) in [6.45, 7) is 39.6. The van der Waals surface area contributed by atoms with Crippen molar-refractivity contribution in [2.75, 3.05) is 14.7 Å². The summed E-state index contributed by atoms with van der Waals surface area (Å²) in [5.74, 6) is 0. The number of para-hydroxylation sites is 2. The van der Waals surface area contributed by atoms with Gasteiger partial charge in [0.2, 0.25) is 0 Å². The molecule has 0 aliphatic heterocycles. The van der Waals surface area contributed by atoms with Crippen molar-refractivity contribution in [2.45, 2.75) is 156 Å². The Morgan fingerprint density at radius 1 is 0.247 bits per heavy atom. The molecule has 0 bridgehead atoms. The lowest BCUT2D eigenvalue weighted by Crippen LogP contribution is -2.30. The molecule has 0 saturated carbocycles. The van der Waals surface area contributed by atoms with E-state index in [-0.39, 0.29) is 27.1 Å². The highest BCUT2D eigenvalue weighted by atomic mass is 15.2. The Hall–Kier alpha value is -9.70. The number of nitrogens with zero attached hydrogens (tertiary/aromatic N) is 3. The Kier molecular flexibility index (Phi) is 15.7. The number of anilines is 9. The van der Waals surface area contributed by atoms with Crippen LogP contribution >= 0.6 is 0 Å². The lowest BCUT2D eigenvalue weighted by molar-refractivity contribution is 0.589. The van der Waals surface area contributed by atoms with Gasteiger partial charge in [0.05, 0.1) is 16.8 Å². The third-order valence-corrected chi connectivity index (χ3v) is 21.1. The van der Waals surface area contributed by atoms with Crippen LogP contribution in [0.25, 0.3) is 33.0 Å². The van der Waals surface area contributed by atoms with Gasteiger partial charge in [-0.05, 0) is 213 Å². The molecule has 3 heteroatoms. The molecule has 0 N–H and O–H groups in total. The first-order valence-electron chi connectivity index (χ1n) is 35.1. The van der Waals surface area contributed by atoms with Crippen molar-refractivity contribution in [3.63, 3.8) is 0 Å². The van der Waals surface area contributed by atoms with E-state index in [1.807, 2.05) is 0 Å². The van der Waals surface area contributed by atoms with Gasteiger partial charge in [-0.3, -0.25) is 0 Å². The molecule has 3 nitrogen and oxygen atoms in total. The maximum absolute atomic E-state index is 2.66. The second kappa shape index (κ2) is 23.5. The van der Waals surface area contributed by atoms with Crippen molar-refractivity contribution in [3.8, 4) is 22.3 Å². The van der Waals surface area contributed by atoms with Gasteiger partial charge in [-0.15, -0.1) is 0 Å². The fourth-order valence-electron chi connectivity index (χ4n) is 15.7. The fraction of sp³-hybridized carbons (Fsp3) is 0.255. The predicted octanol–water partition coefficient (Wildman–Crippen LogP) is 26.4. The van der Waals surface area contributed by atoms with Gasteiger partial charge in [0.25, 0.3) is 0 Å². The Morgan fingerprint density at radius 2 is 0.546 bits per heavy atom. The second-order valence-electron chi connectivity index (χ2n) is 33.1. The lowest BCUT2D eigenvalue weighted by Gasteiger charge is -2.38. The number of fused-ring (bicyclic) bond motifs is 9. The van der Waals surface area contributed by atoms with E-state index in [4.69, 9.17) is 0 Å². The maximum Gasteiger partial charge on any atom is 0.0715 e. The molecule has 1 unspecified atom stereocenters. The molecule has 2 aliphatic rings. The third-order valence-electron chi connectivity index (χ3n) is 21.1. The summed E-state index contributed by atoms with van der Waals surface area (Å²) in [6, 6.07) is 103. The Morgan fingerprint density at radius 3 is 0.959 bits per heavy atom. The van der Waals surface area contributed by atoms with Crippen LogP contribution in [0, 0.1) is 0 Å². The van der Waals surface area contributed by atoms with Crippen LogP contribution in [0.1, 0.15) is 179 Å². The van der Waals surface area contributed by atoms with E-state index < -0.39 is 10.8 Å². The largest absolute Gasteiger partial charge is 0.311 e. The minimum Gasteiger partial charge on any atom is -0.311 e. The smallest absolute Gasteiger partial charge is 0.0715 e. The molecule has 0 amide bonds. The monoisotopic (exact) mass is 1270 g/mol. The highest BCUT2D eigenvalue weighted by molar-refractivity contribution is 6.15. The van der Waals surface area contributed by atoms with Crippen LogP contribution in [0.15, 0.2) is 267 Å². The summed E-state index contributed by atoms with van der Waals surface area (Å²) in [5, 5.41) is 2.40. The second-order valence-corrected chi connectivity index (χ2v) is 33.1. The number of hydrogen-bond donors (Lipinski definition) is 0. The Labute approximate surface area is 579 Å². The number of benzene rings is 12. The average Bonchev–Trinajstić information content (AvgIpc) is 1.50. The molecule has 14 rings (SSSR count). The zero-order chi connectivity index (χ0) is 68.4. The van der Waals surface area contributed by atoms with Gasteiger partial charge in [0, 0.05) is 50.6 Å². The maximum atomic E-state index is 2.66. The molecule has 0 radical (unpaired) electrons. The van der Waals surface area contributed by atoms with Crippen molar-refractivity contribution in [3.05, 3.63) is 328 Å². The molecule has 486 valence electrons. The standard InChI is InChI=1S/C94H95N3/c1-88(2,3)62-36-38-67(39-37-62)94(68-48-58-73(59-49-68)95(71-50-40-63(41-51-71)89(4,5)6)72-52-42-64(43-53-72)90(7,8)9)80-60-82(96(69-28-20-18-21-29-69)74-54-44-65(45-55-74)91(10,11)12)76-32-24-25-33-77(76)84(80)86-81(94)61-83(87-85(86)78-34-26-27-35-79(78)93(87,16)17)97(70-30-22-19-23-31-70)75-56-46-66(47-57-75)92(13,14)15/h18-61H,1-17H3.